The molecule has 5 heteroatoms. The molecule has 0 saturated carbocycles. The summed E-state index contributed by atoms with van der Waals surface area (Å²) in [5.41, 5.74) is 7.33. The number of hydrogen-bond acceptors (Lipinski definition) is 2. The minimum Gasteiger partial charge on any atom is -0.353 e. The van der Waals surface area contributed by atoms with Crippen LogP contribution < -0.4 is 5.32 Å². The van der Waals surface area contributed by atoms with Crippen LogP contribution in [0.25, 0.3) is 33.2 Å². The van der Waals surface area contributed by atoms with Crippen molar-refractivity contribution in [2.24, 2.45) is 0 Å². The highest BCUT2D eigenvalue weighted by atomic mass is 35.5. The maximum absolute atomic E-state index is 12.5. The number of pyridine rings is 1. The quantitative estimate of drug-likeness (QED) is 0.271. The van der Waals surface area contributed by atoms with Crippen LogP contribution >= 0.6 is 11.6 Å². The molecule has 0 fully saturated rings. The fourth-order valence-corrected chi connectivity index (χ4v) is 4.50. The lowest BCUT2D eigenvalue weighted by molar-refractivity contribution is -0.121. The molecule has 2 aromatic heterocycles. The number of nitrogens with zero attached hydrogens (tertiary/aromatic N) is 1. The van der Waals surface area contributed by atoms with Crippen molar-refractivity contribution in [2.75, 3.05) is 0 Å². The van der Waals surface area contributed by atoms with Gasteiger partial charge in [-0.3, -0.25) is 4.79 Å². The van der Waals surface area contributed by atoms with E-state index < -0.39 is 0 Å². The van der Waals surface area contributed by atoms with Gasteiger partial charge in [0.15, 0.2) is 0 Å². The lowest BCUT2D eigenvalue weighted by Gasteiger charge is -2.08. The van der Waals surface area contributed by atoms with Gasteiger partial charge in [0.2, 0.25) is 5.91 Å². The van der Waals surface area contributed by atoms with Gasteiger partial charge < -0.3 is 10.3 Å². The monoisotopic (exact) mass is 467 g/mol. The average molecular weight is 468 g/mol. The Kier molecular flexibility index (Phi) is 6.33. The van der Waals surface area contributed by atoms with Crippen LogP contribution in [-0.4, -0.2) is 15.9 Å². The number of amides is 1. The van der Waals surface area contributed by atoms with E-state index >= 15 is 0 Å². The summed E-state index contributed by atoms with van der Waals surface area (Å²) in [5.74, 6) is 0.0591. The Morgan fingerprint density at radius 2 is 1.82 bits per heavy atom. The summed E-state index contributed by atoms with van der Waals surface area (Å²) in [5, 5.41) is 5.92. The van der Waals surface area contributed by atoms with Gasteiger partial charge >= 0.3 is 0 Å². The Hall–Kier alpha value is -3.63. The SMILES string of the molecule is Cc1ccc(CNC(=O)CCCc2c(-c3ccc4ccccc4n3)[nH]c3ccc(Cl)cc23)cc1. The van der Waals surface area contributed by atoms with Crippen LogP contribution in [0.4, 0.5) is 0 Å². The van der Waals surface area contributed by atoms with Crippen molar-refractivity contribution in [2.45, 2.75) is 32.7 Å². The molecule has 0 unspecified atom stereocenters. The van der Waals surface area contributed by atoms with Crippen LogP contribution in [0.15, 0.2) is 78.9 Å². The second kappa shape index (κ2) is 9.70. The molecule has 1 amide bonds. The van der Waals surface area contributed by atoms with Crippen LogP contribution in [0.1, 0.15) is 29.5 Å². The van der Waals surface area contributed by atoms with E-state index in [-0.39, 0.29) is 5.91 Å². The highest BCUT2D eigenvalue weighted by Gasteiger charge is 2.15. The van der Waals surface area contributed by atoms with E-state index in [0.717, 1.165) is 57.2 Å². The van der Waals surface area contributed by atoms with Crippen molar-refractivity contribution in [3.05, 3.63) is 101 Å². The van der Waals surface area contributed by atoms with Crippen molar-refractivity contribution >= 4 is 39.3 Å². The molecule has 3 aromatic carbocycles. The third-order valence-electron chi connectivity index (χ3n) is 6.16. The molecule has 170 valence electrons. The first-order chi connectivity index (χ1) is 16.6. The number of rotatable bonds is 7. The second-order valence-corrected chi connectivity index (χ2v) is 9.11. The number of aromatic amines is 1. The van der Waals surface area contributed by atoms with Crippen LogP contribution in [0, 0.1) is 6.92 Å². The molecule has 0 radical (unpaired) electrons. The van der Waals surface area contributed by atoms with E-state index in [0.29, 0.717) is 18.0 Å². The number of aryl methyl sites for hydroxylation is 2. The van der Waals surface area contributed by atoms with Gasteiger partial charge in [-0.25, -0.2) is 4.98 Å². The van der Waals surface area contributed by atoms with Crippen molar-refractivity contribution in [1.82, 2.24) is 15.3 Å². The Labute approximate surface area is 204 Å². The van der Waals surface area contributed by atoms with Crippen molar-refractivity contribution < 1.29 is 4.79 Å². The van der Waals surface area contributed by atoms with Gasteiger partial charge in [-0.2, -0.15) is 0 Å². The van der Waals surface area contributed by atoms with Crippen LogP contribution in [0.5, 0.6) is 0 Å². The molecule has 2 heterocycles. The zero-order chi connectivity index (χ0) is 23.5. The Morgan fingerprint density at radius 1 is 1.00 bits per heavy atom. The highest BCUT2D eigenvalue weighted by Crippen LogP contribution is 2.33. The molecule has 5 rings (SSSR count). The van der Waals surface area contributed by atoms with Crippen LogP contribution in [0.3, 0.4) is 0 Å². The minimum absolute atomic E-state index is 0.0591. The molecule has 0 aliphatic rings. The highest BCUT2D eigenvalue weighted by molar-refractivity contribution is 6.31. The molecule has 0 aliphatic carbocycles. The van der Waals surface area contributed by atoms with Crippen molar-refractivity contribution in [3.63, 3.8) is 0 Å². The van der Waals surface area contributed by atoms with Gasteiger partial charge in [-0.15, -0.1) is 0 Å². The minimum atomic E-state index is 0.0591. The summed E-state index contributed by atoms with van der Waals surface area (Å²) >= 11 is 6.32. The van der Waals surface area contributed by atoms with Gasteiger partial charge in [0.1, 0.15) is 0 Å². The molecule has 0 saturated heterocycles. The summed E-state index contributed by atoms with van der Waals surface area (Å²) in [6, 6.07) is 26.4. The third kappa shape index (κ3) is 4.82. The number of para-hydroxylation sites is 1. The fourth-order valence-electron chi connectivity index (χ4n) is 4.32. The fraction of sp³-hybridized carbons (Fsp3) is 0.172. The number of nitrogens with one attached hydrogen (secondary N) is 2. The number of halogens is 1. The molecular formula is C29H26ClN3O. The van der Waals surface area contributed by atoms with E-state index in [1.165, 1.54) is 5.56 Å². The maximum Gasteiger partial charge on any atom is 0.220 e. The number of fused-ring (bicyclic) bond motifs is 2. The summed E-state index contributed by atoms with van der Waals surface area (Å²) in [7, 11) is 0. The zero-order valence-electron chi connectivity index (χ0n) is 19.1. The number of carbonyl (C=O) groups is 1. The van der Waals surface area contributed by atoms with Crippen LogP contribution in [0.2, 0.25) is 5.02 Å². The maximum atomic E-state index is 12.5. The van der Waals surface area contributed by atoms with E-state index in [1.54, 1.807) is 0 Å². The molecule has 0 atom stereocenters. The lowest BCUT2D eigenvalue weighted by atomic mass is 10.0. The first kappa shape index (κ1) is 22.2. The summed E-state index contributed by atoms with van der Waals surface area (Å²) in [4.78, 5) is 20.9. The van der Waals surface area contributed by atoms with Gasteiger partial charge in [-0.05, 0) is 61.2 Å². The molecule has 0 bridgehead atoms. The van der Waals surface area contributed by atoms with E-state index in [9.17, 15) is 4.79 Å². The smallest absolute Gasteiger partial charge is 0.220 e. The number of H-pyrrole nitrogens is 1. The standard InChI is InChI=1S/C29H26ClN3O/c1-19-9-11-20(12-10-19)18-31-28(34)8-4-6-23-24-17-22(30)14-16-26(24)33-29(23)27-15-13-21-5-2-3-7-25(21)32-27/h2-3,5,7,9-17,33H,4,6,8,18H2,1H3,(H,31,34). The van der Waals surface area contributed by atoms with Crippen LogP contribution in [-0.2, 0) is 17.8 Å². The summed E-state index contributed by atoms with van der Waals surface area (Å²) in [6.45, 7) is 2.61. The molecule has 34 heavy (non-hydrogen) atoms. The molecule has 5 aromatic rings. The van der Waals surface area contributed by atoms with E-state index in [2.05, 4.69) is 41.5 Å². The van der Waals surface area contributed by atoms with Gasteiger partial charge in [0, 0.05) is 34.3 Å². The second-order valence-electron chi connectivity index (χ2n) is 8.67. The number of carbonyl (C=O) groups excluding carboxylic acids is 1. The summed E-state index contributed by atoms with van der Waals surface area (Å²) < 4.78 is 0. The number of hydrogen-bond donors (Lipinski definition) is 2. The summed E-state index contributed by atoms with van der Waals surface area (Å²) in [6.07, 6.45) is 1.95. The Bertz CT molecular complexity index is 1470. The lowest BCUT2D eigenvalue weighted by Crippen LogP contribution is -2.22. The zero-order valence-corrected chi connectivity index (χ0v) is 19.8. The molecule has 0 aliphatic heterocycles. The largest absolute Gasteiger partial charge is 0.353 e. The van der Waals surface area contributed by atoms with Gasteiger partial charge in [0.25, 0.3) is 0 Å². The molecule has 4 nitrogen and oxygen atoms in total. The average Bonchev–Trinajstić information content (AvgIpc) is 3.21. The first-order valence-electron chi connectivity index (χ1n) is 11.6. The van der Waals surface area contributed by atoms with Gasteiger partial charge in [0.05, 0.1) is 16.9 Å². The molecular weight excluding hydrogens is 442 g/mol. The number of aromatic nitrogens is 2. The first-order valence-corrected chi connectivity index (χ1v) is 11.9. The predicted molar refractivity (Wildman–Crippen MR) is 140 cm³/mol. The molecule has 0 spiro atoms. The Morgan fingerprint density at radius 3 is 2.68 bits per heavy atom. The normalized spacial score (nSPS) is 11.2. The van der Waals surface area contributed by atoms with Crippen molar-refractivity contribution in [1.29, 1.82) is 0 Å². The number of benzene rings is 3. The molecule has 2 N–H and O–H groups in total. The third-order valence-corrected chi connectivity index (χ3v) is 6.40. The van der Waals surface area contributed by atoms with E-state index in [1.807, 2.05) is 54.6 Å². The topological polar surface area (TPSA) is 57.8 Å². The predicted octanol–water partition coefficient (Wildman–Crippen LogP) is 6.98. The van der Waals surface area contributed by atoms with E-state index in [4.69, 9.17) is 16.6 Å². The van der Waals surface area contributed by atoms with Gasteiger partial charge in [-0.1, -0.05) is 65.7 Å². The Balaban J connectivity index is 1.34. The van der Waals surface area contributed by atoms with Crippen molar-refractivity contribution in [3.8, 4) is 11.4 Å².